The fourth-order valence-corrected chi connectivity index (χ4v) is 2.75. The Balaban J connectivity index is 1.51. The van der Waals surface area contributed by atoms with Crippen molar-refractivity contribution in [2.75, 3.05) is 13.1 Å². The maximum Gasteiger partial charge on any atom is 0.232 e. The third-order valence-electron chi connectivity index (χ3n) is 3.95. The molecule has 0 spiro atoms. The first kappa shape index (κ1) is 15.8. The van der Waals surface area contributed by atoms with Crippen LogP contribution >= 0.6 is 0 Å². The second kappa shape index (κ2) is 7.00. The highest BCUT2D eigenvalue weighted by Gasteiger charge is 2.21. The van der Waals surface area contributed by atoms with Gasteiger partial charge in [0.1, 0.15) is 6.10 Å². The number of ether oxygens (including phenoxy) is 1. The number of nitrogens with zero attached hydrogens (tertiary/aromatic N) is 3. The maximum atomic E-state index is 13.2. The molecular weight excluding hydrogens is 300 g/mol. The molecule has 4 nitrogen and oxygen atoms in total. The molecule has 23 heavy (non-hydrogen) atoms. The van der Waals surface area contributed by atoms with Crippen molar-refractivity contribution in [3.63, 3.8) is 0 Å². The molecule has 1 aromatic heterocycles. The molecular formula is C17H19F2N3O. The van der Waals surface area contributed by atoms with Crippen LogP contribution in [0.25, 0.3) is 0 Å². The Hall–Kier alpha value is -2.08. The number of hydrogen-bond acceptors (Lipinski definition) is 4. The van der Waals surface area contributed by atoms with Gasteiger partial charge in [0.2, 0.25) is 5.88 Å². The third-order valence-corrected chi connectivity index (χ3v) is 3.95. The lowest BCUT2D eigenvalue weighted by molar-refractivity contribution is 0.0927. The molecule has 0 N–H and O–H groups in total. The van der Waals surface area contributed by atoms with Crippen molar-refractivity contribution in [3.8, 4) is 5.88 Å². The molecule has 1 saturated heterocycles. The predicted molar refractivity (Wildman–Crippen MR) is 82.1 cm³/mol. The van der Waals surface area contributed by atoms with E-state index >= 15 is 0 Å². The lowest BCUT2D eigenvalue weighted by Crippen LogP contribution is -2.38. The summed E-state index contributed by atoms with van der Waals surface area (Å²) in [6.45, 7) is 4.20. The molecule has 1 aliphatic heterocycles. The Morgan fingerprint density at radius 2 is 1.96 bits per heavy atom. The molecule has 6 heteroatoms. The molecule has 0 atom stereocenters. The summed E-state index contributed by atoms with van der Waals surface area (Å²) in [5, 5.41) is 0. The number of piperidine rings is 1. The van der Waals surface area contributed by atoms with Crippen molar-refractivity contribution < 1.29 is 13.5 Å². The maximum absolute atomic E-state index is 13.2. The number of benzene rings is 1. The average molecular weight is 319 g/mol. The van der Waals surface area contributed by atoms with Gasteiger partial charge >= 0.3 is 0 Å². The van der Waals surface area contributed by atoms with Crippen LogP contribution in [0.1, 0.15) is 24.1 Å². The number of hydrogen-bond donors (Lipinski definition) is 0. The van der Waals surface area contributed by atoms with E-state index in [2.05, 4.69) is 14.9 Å². The zero-order chi connectivity index (χ0) is 16.2. The summed E-state index contributed by atoms with van der Waals surface area (Å²) in [4.78, 5) is 10.6. The average Bonchev–Trinajstić information content (AvgIpc) is 2.53. The van der Waals surface area contributed by atoms with E-state index in [0.29, 0.717) is 12.4 Å². The molecule has 2 aromatic rings. The van der Waals surface area contributed by atoms with Gasteiger partial charge in [0.15, 0.2) is 11.6 Å². The molecule has 3 rings (SSSR count). The lowest BCUT2D eigenvalue weighted by atomic mass is 10.1. The van der Waals surface area contributed by atoms with E-state index < -0.39 is 11.6 Å². The molecule has 0 aliphatic carbocycles. The van der Waals surface area contributed by atoms with Crippen LogP contribution in [0.2, 0.25) is 0 Å². The molecule has 0 unspecified atom stereocenters. The fourth-order valence-electron chi connectivity index (χ4n) is 2.75. The Morgan fingerprint density at radius 1 is 1.17 bits per heavy atom. The van der Waals surface area contributed by atoms with Crippen LogP contribution < -0.4 is 4.74 Å². The summed E-state index contributed by atoms with van der Waals surface area (Å²) >= 11 is 0. The summed E-state index contributed by atoms with van der Waals surface area (Å²) in [6.07, 6.45) is 5.18. The normalized spacial score (nSPS) is 16.5. The monoisotopic (exact) mass is 319 g/mol. The predicted octanol–water partition coefficient (Wildman–Crippen LogP) is 3.11. The van der Waals surface area contributed by atoms with E-state index in [-0.39, 0.29) is 6.10 Å². The topological polar surface area (TPSA) is 38.2 Å². The second-order valence-corrected chi connectivity index (χ2v) is 5.84. The molecule has 1 aromatic carbocycles. The minimum absolute atomic E-state index is 0.118. The van der Waals surface area contributed by atoms with E-state index in [9.17, 15) is 8.78 Å². The molecule has 0 saturated carbocycles. The fraction of sp³-hybridized carbons (Fsp3) is 0.412. The van der Waals surface area contributed by atoms with Crippen LogP contribution in [0.3, 0.4) is 0 Å². The summed E-state index contributed by atoms with van der Waals surface area (Å²) in [5.41, 5.74) is 1.62. The van der Waals surface area contributed by atoms with Gasteiger partial charge in [0.05, 0.1) is 11.9 Å². The van der Waals surface area contributed by atoms with E-state index in [0.717, 1.165) is 37.2 Å². The number of halogens is 2. The Kier molecular flexibility index (Phi) is 4.81. The SMILES string of the molecule is Cc1cncc(OC2CCN(Cc3ccc(F)c(F)c3)CC2)n1. The van der Waals surface area contributed by atoms with E-state index in [1.54, 1.807) is 18.5 Å². The van der Waals surface area contributed by atoms with Gasteiger partial charge in [-0.3, -0.25) is 9.88 Å². The summed E-state index contributed by atoms with van der Waals surface area (Å²) in [6, 6.07) is 4.07. The minimum Gasteiger partial charge on any atom is -0.473 e. The number of likely N-dealkylation sites (tertiary alicyclic amines) is 1. The largest absolute Gasteiger partial charge is 0.473 e. The van der Waals surface area contributed by atoms with Crippen LogP contribution in [0, 0.1) is 18.6 Å². The van der Waals surface area contributed by atoms with Gasteiger partial charge in [-0.1, -0.05) is 6.07 Å². The van der Waals surface area contributed by atoms with Gasteiger partial charge in [-0.2, -0.15) is 0 Å². The van der Waals surface area contributed by atoms with Crippen LogP contribution in [0.15, 0.2) is 30.6 Å². The first-order chi connectivity index (χ1) is 11.1. The number of aromatic nitrogens is 2. The van der Waals surface area contributed by atoms with Crippen molar-refractivity contribution in [2.45, 2.75) is 32.4 Å². The number of rotatable bonds is 4. The zero-order valence-corrected chi connectivity index (χ0v) is 13.0. The quantitative estimate of drug-likeness (QED) is 0.868. The minimum atomic E-state index is -0.805. The summed E-state index contributed by atoms with van der Waals surface area (Å²) < 4.78 is 32.1. The molecule has 0 radical (unpaired) electrons. The number of aryl methyl sites for hydroxylation is 1. The molecule has 1 aliphatic rings. The smallest absolute Gasteiger partial charge is 0.232 e. The molecule has 0 bridgehead atoms. The van der Waals surface area contributed by atoms with Crippen molar-refractivity contribution in [1.82, 2.24) is 14.9 Å². The third kappa shape index (κ3) is 4.22. The molecule has 2 heterocycles. The van der Waals surface area contributed by atoms with Crippen molar-refractivity contribution >= 4 is 0 Å². The first-order valence-corrected chi connectivity index (χ1v) is 7.72. The highest BCUT2D eigenvalue weighted by atomic mass is 19.2. The summed E-state index contributed by atoms with van der Waals surface area (Å²) in [7, 11) is 0. The lowest BCUT2D eigenvalue weighted by Gasteiger charge is -2.31. The Labute approximate surface area is 134 Å². The molecule has 0 amide bonds. The highest BCUT2D eigenvalue weighted by Crippen LogP contribution is 2.19. The van der Waals surface area contributed by atoms with Crippen molar-refractivity contribution in [3.05, 3.63) is 53.5 Å². The van der Waals surface area contributed by atoms with Gasteiger partial charge in [-0.05, 0) is 37.5 Å². The first-order valence-electron chi connectivity index (χ1n) is 7.72. The van der Waals surface area contributed by atoms with Crippen molar-refractivity contribution in [2.24, 2.45) is 0 Å². The van der Waals surface area contributed by atoms with Crippen LogP contribution in [-0.2, 0) is 6.54 Å². The Morgan fingerprint density at radius 3 is 2.65 bits per heavy atom. The zero-order valence-electron chi connectivity index (χ0n) is 13.0. The summed E-state index contributed by atoms with van der Waals surface area (Å²) in [5.74, 6) is -1.04. The van der Waals surface area contributed by atoms with Crippen LogP contribution in [-0.4, -0.2) is 34.1 Å². The van der Waals surface area contributed by atoms with E-state index in [1.165, 1.54) is 12.1 Å². The van der Waals surface area contributed by atoms with Crippen LogP contribution in [0.4, 0.5) is 8.78 Å². The second-order valence-electron chi connectivity index (χ2n) is 5.84. The van der Waals surface area contributed by atoms with Crippen molar-refractivity contribution in [1.29, 1.82) is 0 Å². The van der Waals surface area contributed by atoms with Gasteiger partial charge in [-0.15, -0.1) is 0 Å². The van der Waals surface area contributed by atoms with E-state index in [4.69, 9.17) is 4.74 Å². The van der Waals surface area contributed by atoms with Gasteiger partial charge in [0, 0.05) is 25.8 Å². The van der Waals surface area contributed by atoms with Gasteiger partial charge < -0.3 is 4.74 Å². The standard InChI is InChI=1S/C17H19F2N3O/c1-12-9-20-10-17(21-12)23-14-4-6-22(7-5-14)11-13-2-3-15(18)16(19)8-13/h2-3,8-10,14H,4-7,11H2,1H3. The molecule has 1 fully saturated rings. The Bertz CT molecular complexity index is 673. The van der Waals surface area contributed by atoms with Gasteiger partial charge in [-0.25, -0.2) is 13.8 Å². The van der Waals surface area contributed by atoms with E-state index in [1.807, 2.05) is 6.92 Å². The van der Waals surface area contributed by atoms with Crippen LogP contribution in [0.5, 0.6) is 5.88 Å². The molecule has 122 valence electrons. The van der Waals surface area contributed by atoms with Gasteiger partial charge in [0.25, 0.3) is 0 Å². The highest BCUT2D eigenvalue weighted by molar-refractivity contribution is 5.17.